The van der Waals surface area contributed by atoms with E-state index in [1.54, 1.807) is 24.4 Å². The highest BCUT2D eigenvalue weighted by Gasteiger charge is 2.22. The number of halogens is 1. The maximum absolute atomic E-state index is 13.3. The van der Waals surface area contributed by atoms with E-state index in [-0.39, 0.29) is 18.1 Å². The molecular formula is C18H20FN3O2. The number of amides is 1. The lowest BCUT2D eigenvalue weighted by molar-refractivity contribution is 0.102. The zero-order valence-electron chi connectivity index (χ0n) is 13.3. The molecule has 2 N–H and O–H groups in total. The van der Waals surface area contributed by atoms with Crippen molar-refractivity contribution in [1.82, 2.24) is 4.98 Å². The smallest absolute Gasteiger partial charge is 0.255 e. The van der Waals surface area contributed by atoms with E-state index in [9.17, 15) is 14.3 Å². The number of hydrogen-bond acceptors (Lipinski definition) is 4. The van der Waals surface area contributed by atoms with Gasteiger partial charge in [-0.25, -0.2) is 9.37 Å². The molecule has 0 bridgehead atoms. The minimum Gasteiger partial charge on any atom is -0.396 e. The maximum Gasteiger partial charge on any atom is 0.255 e. The molecule has 2 heterocycles. The Bertz CT molecular complexity index is 715. The van der Waals surface area contributed by atoms with E-state index in [2.05, 4.69) is 15.2 Å². The molecule has 1 aromatic carbocycles. The third-order valence-electron chi connectivity index (χ3n) is 4.29. The van der Waals surface area contributed by atoms with Gasteiger partial charge in [0.1, 0.15) is 5.82 Å². The summed E-state index contributed by atoms with van der Waals surface area (Å²) in [5.74, 6) is 0.225. The molecule has 0 atom stereocenters. The average molecular weight is 329 g/mol. The molecule has 24 heavy (non-hydrogen) atoms. The van der Waals surface area contributed by atoms with Crippen molar-refractivity contribution in [2.24, 2.45) is 5.92 Å². The molecule has 126 valence electrons. The number of benzene rings is 1. The van der Waals surface area contributed by atoms with E-state index in [0.29, 0.717) is 17.4 Å². The van der Waals surface area contributed by atoms with Gasteiger partial charge >= 0.3 is 0 Å². The molecule has 1 saturated heterocycles. The number of aliphatic hydroxyl groups excluding tert-OH is 1. The molecule has 3 rings (SSSR count). The second kappa shape index (κ2) is 7.40. The van der Waals surface area contributed by atoms with E-state index >= 15 is 0 Å². The number of rotatable bonds is 4. The predicted octanol–water partition coefficient (Wildman–Crippen LogP) is 2.68. The van der Waals surface area contributed by atoms with Gasteiger partial charge in [0.05, 0.1) is 5.69 Å². The Labute approximate surface area is 140 Å². The van der Waals surface area contributed by atoms with Crippen molar-refractivity contribution in [2.75, 3.05) is 29.9 Å². The highest BCUT2D eigenvalue weighted by molar-refractivity contribution is 6.05. The molecule has 0 aliphatic carbocycles. The van der Waals surface area contributed by atoms with Crippen LogP contribution in [0.2, 0.25) is 0 Å². The van der Waals surface area contributed by atoms with E-state index in [4.69, 9.17) is 0 Å². The van der Waals surface area contributed by atoms with Crippen LogP contribution in [0, 0.1) is 11.7 Å². The van der Waals surface area contributed by atoms with Gasteiger partial charge in [0, 0.05) is 31.5 Å². The Kier molecular flexibility index (Phi) is 5.05. The molecule has 0 saturated carbocycles. The first-order chi connectivity index (χ1) is 11.7. The van der Waals surface area contributed by atoms with Crippen molar-refractivity contribution < 1.29 is 14.3 Å². The van der Waals surface area contributed by atoms with Crippen LogP contribution in [0.5, 0.6) is 0 Å². The zero-order valence-corrected chi connectivity index (χ0v) is 13.3. The number of aliphatic hydroxyl groups is 1. The number of carbonyl (C=O) groups is 1. The van der Waals surface area contributed by atoms with Gasteiger partial charge in [0.25, 0.3) is 5.91 Å². The van der Waals surface area contributed by atoms with Gasteiger partial charge in [-0.1, -0.05) is 6.07 Å². The summed E-state index contributed by atoms with van der Waals surface area (Å²) >= 11 is 0. The quantitative estimate of drug-likeness (QED) is 0.905. The van der Waals surface area contributed by atoms with Crippen molar-refractivity contribution in [3.63, 3.8) is 0 Å². The van der Waals surface area contributed by atoms with Crippen LogP contribution in [0.15, 0.2) is 42.6 Å². The summed E-state index contributed by atoms with van der Waals surface area (Å²) in [5, 5.41) is 12.1. The topological polar surface area (TPSA) is 65.5 Å². The highest BCUT2D eigenvalue weighted by Crippen LogP contribution is 2.28. The minimum atomic E-state index is -0.444. The molecule has 1 amide bonds. The molecular weight excluding hydrogens is 309 g/mol. The number of nitrogens with zero attached hydrogens (tertiary/aromatic N) is 2. The zero-order chi connectivity index (χ0) is 16.9. The number of anilines is 2. The lowest BCUT2D eigenvalue weighted by Crippen LogP contribution is -2.35. The number of piperidine rings is 1. The lowest BCUT2D eigenvalue weighted by Gasteiger charge is -2.33. The normalized spacial score (nSPS) is 15.3. The number of carbonyl (C=O) groups excluding carboxylic acids is 1. The number of pyridine rings is 1. The van der Waals surface area contributed by atoms with Crippen LogP contribution in [-0.4, -0.2) is 35.7 Å². The molecule has 1 aromatic heterocycles. The highest BCUT2D eigenvalue weighted by atomic mass is 19.1. The SMILES string of the molecule is O=C(Nc1cccnc1N1CCC(CO)CC1)c1cccc(F)c1. The third-order valence-corrected chi connectivity index (χ3v) is 4.29. The Balaban J connectivity index is 1.76. The molecule has 0 radical (unpaired) electrons. The van der Waals surface area contributed by atoms with Crippen molar-refractivity contribution in [2.45, 2.75) is 12.8 Å². The Morgan fingerprint density at radius 1 is 1.29 bits per heavy atom. The van der Waals surface area contributed by atoms with Crippen molar-refractivity contribution in [1.29, 1.82) is 0 Å². The summed E-state index contributed by atoms with van der Waals surface area (Å²) in [6, 6.07) is 9.13. The molecule has 5 nitrogen and oxygen atoms in total. The summed E-state index contributed by atoms with van der Waals surface area (Å²) in [5.41, 5.74) is 0.873. The van der Waals surface area contributed by atoms with Crippen LogP contribution in [0.4, 0.5) is 15.9 Å². The third kappa shape index (κ3) is 3.71. The van der Waals surface area contributed by atoms with Crippen LogP contribution in [0.1, 0.15) is 23.2 Å². The molecule has 6 heteroatoms. The van der Waals surface area contributed by atoms with Crippen molar-refractivity contribution >= 4 is 17.4 Å². The van der Waals surface area contributed by atoms with Gasteiger partial charge in [0.15, 0.2) is 5.82 Å². The van der Waals surface area contributed by atoms with Gasteiger partial charge in [-0.05, 0) is 49.1 Å². The molecule has 1 aliphatic heterocycles. The first-order valence-corrected chi connectivity index (χ1v) is 8.05. The largest absolute Gasteiger partial charge is 0.396 e. The Hall–Kier alpha value is -2.47. The Morgan fingerprint density at radius 2 is 2.08 bits per heavy atom. The van der Waals surface area contributed by atoms with Crippen molar-refractivity contribution in [3.05, 3.63) is 54.0 Å². The van der Waals surface area contributed by atoms with E-state index in [0.717, 1.165) is 25.9 Å². The number of nitrogens with one attached hydrogen (secondary N) is 1. The number of aromatic nitrogens is 1. The van der Waals surface area contributed by atoms with E-state index in [1.165, 1.54) is 18.2 Å². The standard InChI is InChI=1S/C18H20FN3O2/c19-15-4-1-3-14(11-15)18(24)21-16-5-2-8-20-17(16)22-9-6-13(12-23)7-10-22/h1-5,8,11,13,23H,6-7,9-10,12H2,(H,21,24). The van der Waals surface area contributed by atoms with E-state index in [1.807, 2.05) is 0 Å². The molecule has 0 unspecified atom stereocenters. The first-order valence-electron chi connectivity index (χ1n) is 8.05. The van der Waals surface area contributed by atoms with Gasteiger partial charge in [0.2, 0.25) is 0 Å². The fourth-order valence-electron chi connectivity index (χ4n) is 2.90. The summed E-state index contributed by atoms with van der Waals surface area (Å²) in [6.07, 6.45) is 3.47. The van der Waals surface area contributed by atoms with Gasteiger partial charge in [-0.15, -0.1) is 0 Å². The molecule has 1 aliphatic rings. The van der Waals surface area contributed by atoms with Crippen LogP contribution in [0.3, 0.4) is 0 Å². The molecule has 1 fully saturated rings. The first kappa shape index (κ1) is 16.4. The lowest BCUT2D eigenvalue weighted by atomic mass is 9.98. The number of hydrogen-bond donors (Lipinski definition) is 2. The molecule has 0 spiro atoms. The van der Waals surface area contributed by atoms with E-state index < -0.39 is 5.82 Å². The molecule has 2 aromatic rings. The van der Waals surface area contributed by atoms with Gasteiger partial charge in [-0.3, -0.25) is 4.79 Å². The predicted molar refractivity (Wildman–Crippen MR) is 90.6 cm³/mol. The second-order valence-electron chi connectivity index (χ2n) is 5.95. The fourth-order valence-corrected chi connectivity index (χ4v) is 2.90. The van der Waals surface area contributed by atoms with Crippen LogP contribution < -0.4 is 10.2 Å². The Morgan fingerprint density at radius 3 is 2.79 bits per heavy atom. The monoisotopic (exact) mass is 329 g/mol. The fraction of sp³-hybridized carbons (Fsp3) is 0.333. The summed E-state index contributed by atoms with van der Waals surface area (Å²) in [7, 11) is 0. The maximum atomic E-state index is 13.3. The van der Waals surface area contributed by atoms with Crippen LogP contribution in [0.25, 0.3) is 0 Å². The van der Waals surface area contributed by atoms with Crippen LogP contribution in [-0.2, 0) is 0 Å². The van der Waals surface area contributed by atoms with Gasteiger partial charge in [-0.2, -0.15) is 0 Å². The van der Waals surface area contributed by atoms with Gasteiger partial charge < -0.3 is 15.3 Å². The summed E-state index contributed by atoms with van der Waals surface area (Å²) in [4.78, 5) is 18.8. The average Bonchev–Trinajstić information content (AvgIpc) is 2.62. The minimum absolute atomic E-state index is 0.208. The second-order valence-corrected chi connectivity index (χ2v) is 5.95. The summed E-state index contributed by atoms with van der Waals surface area (Å²) in [6.45, 7) is 1.77. The van der Waals surface area contributed by atoms with Crippen molar-refractivity contribution in [3.8, 4) is 0 Å². The van der Waals surface area contributed by atoms with Crippen LogP contribution >= 0.6 is 0 Å². The summed E-state index contributed by atoms with van der Waals surface area (Å²) < 4.78 is 13.3.